The van der Waals surface area contributed by atoms with E-state index in [1.54, 1.807) is 6.07 Å². The normalized spacial score (nSPS) is 11.4. The first kappa shape index (κ1) is 14.6. The highest BCUT2D eigenvalue weighted by molar-refractivity contribution is 7.13. The minimum atomic E-state index is -1.41. The van der Waals surface area contributed by atoms with Crippen molar-refractivity contribution in [2.24, 2.45) is 5.73 Å². The molecule has 1 unspecified atom stereocenters. The van der Waals surface area contributed by atoms with Crippen molar-refractivity contribution >= 4 is 23.2 Å². The van der Waals surface area contributed by atoms with Gasteiger partial charge in [0.25, 0.3) is 11.8 Å². The standard InChI is InChI=1S/C13H9FN4O2S/c14-8-3-1-7(2-4-8)13-18-10(6-21-13)12(20)17-9(5-15)11(16)19/h1-4,6,9H,(H2,16,19)(H,17,20). The van der Waals surface area contributed by atoms with E-state index in [0.717, 1.165) is 0 Å². The van der Waals surface area contributed by atoms with Crippen LogP contribution in [0.3, 0.4) is 0 Å². The summed E-state index contributed by atoms with van der Waals surface area (Å²) in [6, 6.07) is 5.82. The molecule has 3 N–H and O–H groups in total. The molecule has 0 bridgehead atoms. The molecule has 0 saturated heterocycles. The molecule has 0 spiro atoms. The zero-order valence-electron chi connectivity index (χ0n) is 10.5. The zero-order chi connectivity index (χ0) is 15.4. The highest BCUT2D eigenvalue weighted by Gasteiger charge is 2.20. The van der Waals surface area contributed by atoms with Crippen molar-refractivity contribution in [1.29, 1.82) is 5.26 Å². The van der Waals surface area contributed by atoms with Crippen molar-refractivity contribution in [3.05, 3.63) is 41.2 Å². The molecule has 0 aliphatic rings. The smallest absolute Gasteiger partial charge is 0.272 e. The molecule has 1 aromatic heterocycles. The molecule has 0 aliphatic heterocycles. The van der Waals surface area contributed by atoms with Crippen molar-refractivity contribution in [3.8, 4) is 16.6 Å². The van der Waals surface area contributed by atoms with E-state index in [1.807, 2.05) is 0 Å². The minimum Gasteiger partial charge on any atom is -0.367 e. The van der Waals surface area contributed by atoms with Crippen molar-refractivity contribution in [2.45, 2.75) is 6.04 Å². The quantitative estimate of drug-likeness (QED) is 0.880. The number of hydrogen-bond donors (Lipinski definition) is 2. The van der Waals surface area contributed by atoms with Gasteiger partial charge in [0.1, 0.15) is 16.5 Å². The molecule has 1 aromatic carbocycles. The molecule has 8 heteroatoms. The number of nitrogens with two attached hydrogens (primary N) is 1. The average Bonchev–Trinajstić information content (AvgIpc) is 2.94. The van der Waals surface area contributed by atoms with Gasteiger partial charge in [0, 0.05) is 10.9 Å². The minimum absolute atomic E-state index is 0.0563. The summed E-state index contributed by atoms with van der Waals surface area (Å²) in [4.78, 5) is 26.8. The van der Waals surface area contributed by atoms with E-state index >= 15 is 0 Å². The summed E-state index contributed by atoms with van der Waals surface area (Å²) in [7, 11) is 0. The maximum Gasteiger partial charge on any atom is 0.272 e. The number of nitrogens with zero attached hydrogens (tertiary/aromatic N) is 2. The Labute approximate surface area is 123 Å². The van der Waals surface area contributed by atoms with Crippen LogP contribution in [0, 0.1) is 17.1 Å². The van der Waals surface area contributed by atoms with Crippen LogP contribution in [0.25, 0.3) is 10.6 Å². The molecule has 1 heterocycles. The maximum absolute atomic E-state index is 12.8. The van der Waals surface area contributed by atoms with Crippen LogP contribution >= 0.6 is 11.3 Å². The van der Waals surface area contributed by atoms with Gasteiger partial charge in [-0.15, -0.1) is 11.3 Å². The van der Waals surface area contributed by atoms with Gasteiger partial charge in [-0.3, -0.25) is 9.59 Å². The Morgan fingerprint density at radius 1 is 1.38 bits per heavy atom. The summed E-state index contributed by atoms with van der Waals surface area (Å²) in [5, 5.41) is 12.8. The summed E-state index contributed by atoms with van der Waals surface area (Å²) in [6.45, 7) is 0. The fourth-order valence-corrected chi connectivity index (χ4v) is 2.28. The Kier molecular flexibility index (Phi) is 4.25. The molecule has 21 heavy (non-hydrogen) atoms. The molecular formula is C13H9FN4O2S. The maximum atomic E-state index is 12.8. The molecule has 2 amide bonds. The van der Waals surface area contributed by atoms with Crippen LogP contribution in [0.5, 0.6) is 0 Å². The van der Waals surface area contributed by atoms with E-state index < -0.39 is 17.9 Å². The van der Waals surface area contributed by atoms with Gasteiger partial charge >= 0.3 is 0 Å². The highest BCUT2D eigenvalue weighted by Crippen LogP contribution is 2.23. The third kappa shape index (κ3) is 3.40. The third-order valence-electron chi connectivity index (χ3n) is 2.52. The molecule has 0 aliphatic carbocycles. The van der Waals surface area contributed by atoms with Gasteiger partial charge < -0.3 is 11.1 Å². The molecule has 2 aromatic rings. The molecule has 6 nitrogen and oxygen atoms in total. The first-order valence-corrected chi connectivity index (χ1v) is 6.60. The van der Waals surface area contributed by atoms with Crippen LogP contribution in [-0.4, -0.2) is 22.8 Å². The van der Waals surface area contributed by atoms with Crippen LogP contribution in [0.1, 0.15) is 10.5 Å². The summed E-state index contributed by atoms with van der Waals surface area (Å²) in [5.41, 5.74) is 5.67. The van der Waals surface area contributed by atoms with Gasteiger partial charge in [0.05, 0.1) is 6.07 Å². The Bertz CT molecular complexity index is 721. The SMILES string of the molecule is N#CC(NC(=O)c1csc(-c2ccc(F)cc2)n1)C(N)=O. The van der Waals surface area contributed by atoms with Crippen molar-refractivity contribution in [1.82, 2.24) is 10.3 Å². The molecule has 1 atom stereocenters. The predicted molar refractivity (Wildman–Crippen MR) is 73.6 cm³/mol. The third-order valence-corrected chi connectivity index (χ3v) is 3.41. The van der Waals surface area contributed by atoms with Crippen LogP contribution in [-0.2, 0) is 4.79 Å². The number of carbonyl (C=O) groups is 2. The van der Waals surface area contributed by atoms with Crippen LogP contribution in [0.4, 0.5) is 4.39 Å². The molecule has 106 valence electrons. The molecular weight excluding hydrogens is 295 g/mol. The van der Waals surface area contributed by atoms with Gasteiger partial charge in [0.2, 0.25) is 0 Å². The van der Waals surface area contributed by atoms with Crippen LogP contribution in [0.2, 0.25) is 0 Å². The second-order valence-corrected chi connectivity index (χ2v) is 4.84. The Morgan fingerprint density at radius 3 is 2.62 bits per heavy atom. The molecule has 2 rings (SSSR count). The van der Waals surface area contributed by atoms with E-state index in [9.17, 15) is 14.0 Å². The van der Waals surface area contributed by atoms with E-state index in [2.05, 4.69) is 10.3 Å². The predicted octanol–water partition coefficient (Wildman–Crippen LogP) is 1.06. The topological polar surface area (TPSA) is 109 Å². The number of aromatic nitrogens is 1. The highest BCUT2D eigenvalue weighted by atomic mass is 32.1. The zero-order valence-corrected chi connectivity index (χ0v) is 11.4. The van der Waals surface area contributed by atoms with Gasteiger partial charge in [-0.05, 0) is 24.3 Å². The second-order valence-electron chi connectivity index (χ2n) is 3.98. The molecule has 0 fully saturated rings. The van der Waals surface area contributed by atoms with Gasteiger partial charge in [0.15, 0.2) is 6.04 Å². The monoisotopic (exact) mass is 304 g/mol. The Morgan fingerprint density at radius 2 is 2.05 bits per heavy atom. The number of benzene rings is 1. The van der Waals surface area contributed by atoms with Crippen molar-refractivity contribution < 1.29 is 14.0 Å². The number of nitrogens with one attached hydrogen (secondary N) is 1. The summed E-state index contributed by atoms with van der Waals surface area (Å²) in [5.74, 6) is -1.99. The van der Waals surface area contributed by atoms with Crippen LogP contribution < -0.4 is 11.1 Å². The number of rotatable bonds is 4. The van der Waals surface area contributed by atoms with E-state index in [0.29, 0.717) is 10.6 Å². The summed E-state index contributed by atoms with van der Waals surface area (Å²) < 4.78 is 12.8. The van der Waals surface area contributed by atoms with E-state index in [-0.39, 0.29) is 11.5 Å². The molecule has 0 radical (unpaired) electrons. The first-order valence-electron chi connectivity index (χ1n) is 5.72. The van der Waals surface area contributed by atoms with E-state index in [4.69, 9.17) is 11.0 Å². The van der Waals surface area contributed by atoms with Crippen molar-refractivity contribution in [2.75, 3.05) is 0 Å². The summed E-state index contributed by atoms with van der Waals surface area (Å²) in [6.07, 6.45) is 0. The van der Waals surface area contributed by atoms with Gasteiger partial charge in [-0.2, -0.15) is 5.26 Å². The number of thiazole rings is 1. The summed E-state index contributed by atoms with van der Waals surface area (Å²) >= 11 is 1.19. The fourth-order valence-electron chi connectivity index (χ4n) is 1.48. The van der Waals surface area contributed by atoms with E-state index in [1.165, 1.54) is 41.0 Å². The number of carbonyl (C=O) groups excluding carboxylic acids is 2. The number of halogens is 1. The van der Waals surface area contributed by atoms with Crippen LogP contribution in [0.15, 0.2) is 29.6 Å². The lowest BCUT2D eigenvalue weighted by Gasteiger charge is -2.05. The van der Waals surface area contributed by atoms with Gasteiger partial charge in [-0.1, -0.05) is 0 Å². The second kappa shape index (κ2) is 6.11. The number of amides is 2. The van der Waals surface area contributed by atoms with Crippen molar-refractivity contribution in [3.63, 3.8) is 0 Å². The largest absolute Gasteiger partial charge is 0.367 e. The Balaban J connectivity index is 2.16. The number of nitriles is 1. The Hall–Kier alpha value is -2.79. The lowest BCUT2D eigenvalue weighted by atomic mass is 10.2. The fraction of sp³-hybridized carbons (Fsp3) is 0.0769. The average molecular weight is 304 g/mol. The lowest BCUT2D eigenvalue weighted by molar-refractivity contribution is -0.118. The molecule has 0 saturated carbocycles. The first-order chi connectivity index (χ1) is 10.0. The number of primary amides is 1. The van der Waals surface area contributed by atoms with Gasteiger partial charge in [-0.25, -0.2) is 9.37 Å². The number of hydrogen-bond acceptors (Lipinski definition) is 5. The lowest BCUT2D eigenvalue weighted by Crippen LogP contribution is -2.43.